The van der Waals surface area contributed by atoms with E-state index >= 15 is 0 Å². The lowest BCUT2D eigenvalue weighted by molar-refractivity contribution is -0.275. The Morgan fingerprint density at radius 2 is 1.85 bits per heavy atom. The Bertz CT molecular complexity index is 718. The van der Waals surface area contributed by atoms with Crippen LogP contribution in [-0.4, -0.2) is 32.2 Å². The lowest BCUT2D eigenvalue weighted by Gasteiger charge is -2.32. The van der Waals surface area contributed by atoms with Crippen LogP contribution in [-0.2, 0) is 4.74 Å². The van der Waals surface area contributed by atoms with Gasteiger partial charge in [0.1, 0.15) is 6.10 Å². The molecule has 4 nitrogen and oxygen atoms in total. The van der Waals surface area contributed by atoms with Crippen LogP contribution in [0.4, 0.5) is 17.6 Å². The molecule has 8 heteroatoms. The van der Waals surface area contributed by atoms with Crippen LogP contribution in [0.1, 0.15) is 11.7 Å². The summed E-state index contributed by atoms with van der Waals surface area (Å²) in [5.41, 5.74) is 0.655. The third-order valence-electron chi connectivity index (χ3n) is 3.82. The molecular weight excluding hydrogens is 354 g/mol. The van der Waals surface area contributed by atoms with Gasteiger partial charge in [-0.2, -0.15) is 0 Å². The Morgan fingerprint density at radius 1 is 1.08 bits per heavy atom. The molecule has 2 aromatic carbocycles. The minimum atomic E-state index is -4.96. The number of benzene rings is 2. The molecule has 140 valence electrons. The standard InChI is InChI=1S/C18H17F4NO3/c19-13-7-4-8-14(26-18(20,21)22)17(13)25-16(12-5-2-1-3-6-12)15-11-23-9-10-24-15/h1-8,15-16,23H,9-11H2. The second kappa shape index (κ2) is 7.92. The number of para-hydroxylation sites is 1. The molecule has 0 aliphatic carbocycles. The van der Waals surface area contributed by atoms with Gasteiger partial charge >= 0.3 is 6.36 Å². The van der Waals surface area contributed by atoms with Crippen molar-refractivity contribution in [1.29, 1.82) is 0 Å². The molecule has 0 radical (unpaired) electrons. The van der Waals surface area contributed by atoms with Crippen LogP contribution < -0.4 is 14.8 Å². The van der Waals surface area contributed by atoms with Crippen LogP contribution in [0.25, 0.3) is 0 Å². The van der Waals surface area contributed by atoms with Crippen molar-refractivity contribution in [2.75, 3.05) is 19.7 Å². The lowest BCUT2D eigenvalue weighted by Crippen LogP contribution is -2.43. The highest BCUT2D eigenvalue weighted by Crippen LogP contribution is 2.38. The quantitative estimate of drug-likeness (QED) is 0.811. The SMILES string of the molecule is Fc1cccc(OC(F)(F)F)c1OC(c1ccccc1)C1CNCCO1. The molecule has 2 aromatic rings. The summed E-state index contributed by atoms with van der Waals surface area (Å²) in [6.45, 7) is 1.49. The fourth-order valence-corrected chi connectivity index (χ4v) is 2.72. The van der Waals surface area contributed by atoms with Crippen molar-refractivity contribution in [2.24, 2.45) is 0 Å². The molecule has 2 atom stereocenters. The molecule has 0 amide bonds. The molecule has 1 aliphatic rings. The summed E-state index contributed by atoms with van der Waals surface area (Å²) in [5, 5.41) is 3.13. The van der Waals surface area contributed by atoms with E-state index in [2.05, 4.69) is 10.1 Å². The predicted molar refractivity (Wildman–Crippen MR) is 85.5 cm³/mol. The molecule has 1 fully saturated rings. The second-order valence-corrected chi connectivity index (χ2v) is 5.68. The molecule has 3 rings (SSSR count). The summed E-state index contributed by atoms with van der Waals surface area (Å²) in [4.78, 5) is 0. The van der Waals surface area contributed by atoms with Gasteiger partial charge in [0.05, 0.1) is 6.61 Å². The van der Waals surface area contributed by atoms with Gasteiger partial charge in [0.2, 0.25) is 0 Å². The molecule has 1 N–H and O–H groups in total. The zero-order chi connectivity index (χ0) is 18.6. The number of morpholine rings is 1. The average molecular weight is 371 g/mol. The van der Waals surface area contributed by atoms with E-state index in [1.54, 1.807) is 30.3 Å². The zero-order valence-electron chi connectivity index (χ0n) is 13.6. The van der Waals surface area contributed by atoms with E-state index < -0.39 is 35.9 Å². The van der Waals surface area contributed by atoms with E-state index in [0.29, 0.717) is 25.3 Å². The molecule has 1 aliphatic heterocycles. The molecule has 2 unspecified atom stereocenters. The number of hydrogen-bond acceptors (Lipinski definition) is 4. The fourth-order valence-electron chi connectivity index (χ4n) is 2.72. The topological polar surface area (TPSA) is 39.7 Å². The highest BCUT2D eigenvalue weighted by atomic mass is 19.4. The van der Waals surface area contributed by atoms with E-state index in [4.69, 9.17) is 9.47 Å². The third-order valence-corrected chi connectivity index (χ3v) is 3.82. The van der Waals surface area contributed by atoms with Crippen LogP contribution in [0.2, 0.25) is 0 Å². The number of nitrogens with one attached hydrogen (secondary N) is 1. The first-order valence-corrected chi connectivity index (χ1v) is 8.02. The van der Waals surface area contributed by atoms with E-state index in [0.717, 1.165) is 18.2 Å². The van der Waals surface area contributed by atoms with Crippen LogP contribution in [0.15, 0.2) is 48.5 Å². The normalized spacial score (nSPS) is 19.0. The Kier molecular flexibility index (Phi) is 5.63. The predicted octanol–water partition coefficient (Wildman–Crippen LogP) is 3.83. The summed E-state index contributed by atoms with van der Waals surface area (Å²) < 4.78 is 67.4. The van der Waals surface area contributed by atoms with E-state index in [1.807, 2.05) is 0 Å². The van der Waals surface area contributed by atoms with E-state index in [9.17, 15) is 17.6 Å². The summed E-state index contributed by atoms with van der Waals surface area (Å²) in [6.07, 6.45) is -6.27. The van der Waals surface area contributed by atoms with Crippen LogP contribution in [0, 0.1) is 5.82 Å². The highest BCUT2D eigenvalue weighted by molar-refractivity contribution is 5.42. The molecular formula is C18H17F4NO3. The van der Waals surface area contributed by atoms with E-state index in [-0.39, 0.29) is 0 Å². The smallest absolute Gasteiger partial charge is 0.476 e. The van der Waals surface area contributed by atoms with Gasteiger partial charge in [0, 0.05) is 13.1 Å². The first-order valence-electron chi connectivity index (χ1n) is 8.02. The van der Waals surface area contributed by atoms with Crippen molar-refractivity contribution >= 4 is 0 Å². The van der Waals surface area contributed by atoms with Crippen molar-refractivity contribution in [1.82, 2.24) is 5.32 Å². The maximum Gasteiger partial charge on any atom is 0.573 e. The van der Waals surface area contributed by atoms with Gasteiger partial charge in [-0.1, -0.05) is 36.4 Å². The number of rotatable bonds is 5. The molecule has 0 saturated carbocycles. The number of hydrogen-bond donors (Lipinski definition) is 1. The van der Waals surface area contributed by atoms with Gasteiger partial charge in [-0.15, -0.1) is 13.2 Å². The summed E-state index contributed by atoms with van der Waals surface area (Å²) in [7, 11) is 0. The number of alkyl halides is 3. The van der Waals surface area contributed by atoms with Gasteiger partial charge in [-0.3, -0.25) is 0 Å². The van der Waals surface area contributed by atoms with Crippen molar-refractivity contribution in [3.63, 3.8) is 0 Å². The Hall–Kier alpha value is -2.32. The molecule has 26 heavy (non-hydrogen) atoms. The molecule has 1 heterocycles. The van der Waals surface area contributed by atoms with Gasteiger partial charge in [-0.05, 0) is 17.7 Å². The molecule has 0 aromatic heterocycles. The zero-order valence-corrected chi connectivity index (χ0v) is 13.6. The van der Waals surface area contributed by atoms with Crippen molar-refractivity contribution in [3.05, 3.63) is 59.9 Å². The Balaban J connectivity index is 1.94. The van der Waals surface area contributed by atoms with Crippen LogP contribution >= 0.6 is 0 Å². The fraction of sp³-hybridized carbons (Fsp3) is 0.333. The van der Waals surface area contributed by atoms with Crippen molar-refractivity contribution < 1.29 is 31.8 Å². The second-order valence-electron chi connectivity index (χ2n) is 5.68. The van der Waals surface area contributed by atoms with Crippen LogP contribution in [0.3, 0.4) is 0 Å². The lowest BCUT2D eigenvalue weighted by atomic mass is 10.0. The first kappa shape index (κ1) is 18.5. The summed E-state index contributed by atoms with van der Waals surface area (Å²) in [5.74, 6) is -2.29. The largest absolute Gasteiger partial charge is 0.573 e. The minimum absolute atomic E-state index is 0.417. The van der Waals surface area contributed by atoms with Gasteiger partial charge < -0.3 is 19.5 Å². The van der Waals surface area contributed by atoms with Crippen molar-refractivity contribution in [2.45, 2.75) is 18.6 Å². The summed E-state index contributed by atoms with van der Waals surface area (Å²) in [6, 6.07) is 11.9. The summed E-state index contributed by atoms with van der Waals surface area (Å²) >= 11 is 0. The Morgan fingerprint density at radius 3 is 2.50 bits per heavy atom. The number of halogens is 4. The average Bonchev–Trinajstić information content (AvgIpc) is 2.62. The minimum Gasteiger partial charge on any atom is -0.476 e. The maximum atomic E-state index is 14.2. The third kappa shape index (κ3) is 4.64. The van der Waals surface area contributed by atoms with Crippen molar-refractivity contribution in [3.8, 4) is 11.5 Å². The monoisotopic (exact) mass is 371 g/mol. The van der Waals surface area contributed by atoms with Gasteiger partial charge in [-0.25, -0.2) is 4.39 Å². The van der Waals surface area contributed by atoms with E-state index in [1.165, 1.54) is 0 Å². The van der Waals surface area contributed by atoms with Gasteiger partial charge in [0.25, 0.3) is 0 Å². The van der Waals surface area contributed by atoms with Gasteiger partial charge in [0.15, 0.2) is 23.4 Å². The molecule has 0 spiro atoms. The highest BCUT2D eigenvalue weighted by Gasteiger charge is 2.35. The first-order chi connectivity index (χ1) is 12.4. The molecule has 0 bridgehead atoms. The Labute approximate surface area is 147 Å². The molecule has 1 saturated heterocycles. The maximum absolute atomic E-state index is 14.2. The number of ether oxygens (including phenoxy) is 3. The van der Waals surface area contributed by atoms with Crippen LogP contribution in [0.5, 0.6) is 11.5 Å².